The van der Waals surface area contributed by atoms with Crippen molar-refractivity contribution in [1.29, 1.82) is 0 Å². The van der Waals surface area contributed by atoms with E-state index in [0.29, 0.717) is 34.9 Å². The zero-order valence-corrected chi connectivity index (χ0v) is 11.3. The molecule has 0 radical (unpaired) electrons. The summed E-state index contributed by atoms with van der Waals surface area (Å²) in [6.07, 6.45) is 1.67. The number of carbonyl (C=O) groups is 1. The first kappa shape index (κ1) is 13.7. The number of benzene rings is 1. The van der Waals surface area contributed by atoms with Crippen LogP contribution in [0.1, 0.15) is 5.56 Å². The van der Waals surface area contributed by atoms with Crippen molar-refractivity contribution in [3.63, 3.8) is 0 Å². The Kier molecular flexibility index (Phi) is 4.06. The van der Waals surface area contributed by atoms with Crippen LogP contribution in [0.3, 0.4) is 0 Å². The fourth-order valence-electron chi connectivity index (χ4n) is 1.75. The van der Waals surface area contributed by atoms with Gasteiger partial charge in [0, 0.05) is 11.6 Å². The maximum absolute atomic E-state index is 11.2. The molecule has 102 valence electrons. The summed E-state index contributed by atoms with van der Waals surface area (Å²) in [5, 5.41) is 0. The molecule has 1 aromatic rings. The summed E-state index contributed by atoms with van der Waals surface area (Å²) in [4.78, 5) is 15.3. The standard InChI is InChI=1S/C15H14N2O3/c1-19-11-7-10(8-12(9-11)20-2)3-4-14-13(15(16)18)5-6-17-14/h5,7-9H,6H2,1-2H3,(H2,16,18). The van der Waals surface area contributed by atoms with E-state index in [1.165, 1.54) is 0 Å². The number of nitrogens with zero attached hydrogens (tertiary/aromatic N) is 1. The summed E-state index contributed by atoms with van der Waals surface area (Å²) < 4.78 is 10.3. The van der Waals surface area contributed by atoms with Gasteiger partial charge in [0.25, 0.3) is 5.91 Å². The fourth-order valence-corrected chi connectivity index (χ4v) is 1.75. The molecule has 0 bridgehead atoms. The molecule has 1 aliphatic rings. The van der Waals surface area contributed by atoms with Crippen molar-refractivity contribution in [1.82, 2.24) is 0 Å². The van der Waals surface area contributed by atoms with Crippen molar-refractivity contribution in [2.45, 2.75) is 0 Å². The normalized spacial score (nSPS) is 12.9. The van der Waals surface area contributed by atoms with Crippen LogP contribution in [0.2, 0.25) is 0 Å². The molecule has 2 rings (SSSR count). The highest BCUT2D eigenvalue weighted by Gasteiger charge is 2.14. The first-order valence-corrected chi connectivity index (χ1v) is 5.94. The summed E-state index contributed by atoms with van der Waals surface area (Å²) in [6.45, 7) is 0.434. The van der Waals surface area contributed by atoms with Gasteiger partial charge in [-0.25, -0.2) is 0 Å². The smallest absolute Gasteiger partial charge is 0.251 e. The van der Waals surface area contributed by atoms with Crippen LogP contribution >= 0.6 is 0 Å². The lowest BCUT2D eigenvalue weighted by Gasteiger charge is -2.04. The number of carbonyl (C=O) groups excluding carboxylic acids is 1. The Balaban J connectivity index is 2.30. The molecule has 20 heavy (non-hydrogen) atoms. The van der Waals surface area contributed by atoms with Gasteiger partial charge in [0.15, 0.2) is 0 Å². The Labute approximate surface area is 117 Å². The van der Waals surface area contributed by atoms with Crippen LogP contribution in [-0.2, 0) is 4.79 Å². The second kappa shape index (κ2) is 5.93. The van der Waals surface area contributed by atoms with Crippen LogP contribution in [0, 0.1) is 11.8 Å². The average Bonchev–Trinajstić information content (AvgIpc) is 2.93. The Morgan fingerprint density at radius 3 is 2.40 bits per heavy atom. The number of hydrogen-bond acceptors (Lipinski definition) is 4. The number of methoxy groups -OCH3 is 2. The molecule has 0 aliphatic carbocycles. The van der Waals surface area contributed by atoms with E-state index in [1.807, 2.05) is 0 Å². The van der Waals surface area contributed by atoms with Gasteiger partial charge in [-0.3, -0.25) is 9.79 Å². The highest BCUT2D eigenvalue weighted by atomic mass is 16.5. The predicted octanol–water partition coefficient (Wildman–Crippen LogP) is 0.922. The molecule has 0 atom stereocenters. The second-order valence-electron chi connectivity index (χ2n) is 4.02. The summed E-state index contributed by atoms with van der Waals surface area (Å²) in [5.74, 6) is 6.56. The predicted molar refractivity (Wildman–Crippen MR) is 76.0 cm³/mol. The maximum atomic E-state index is 11.2. The average molecular weight is 270 g/mol. The zero-order valence-electron chi connectivity index (χ0n) is 11.3. The van der Waals surface area contributed by atoms with Crippen LogP contribution < -0.4 is 15.2 Å². The molecule has 1 aliphatic heterocycles. The lowest BCUT2D eigenvalue weighted by molar-refractivity contribution is -0.114. The van der Waals surface area contributed by atoms with Crippen molar-refractivity contribution >= 4 is 11.6 Å². The SMILES string of the molecule is COc1cc(C#CC2=NCC=C2C(N)=O)cc(OC)c1. The van der Waals surface area contributed by atoms with Crippen LogP contribution in [0.4, 0.5) is 0 Å². The van der Waals surface area contributed by atoms with Gasteiger partial charge < -0.3 is 15.2 Å². The maximum Gasteiger partial charge on any atom is 0.251 e. The van der Waals surface area contributed by atoms with Crippen molar-refractivity contribution in [3.8, 4) is 23.3 Å². The third-order valence-corrected chi connectivity index (χ3v) is 2.74. The van der Waals surface area contributed by atoms with E-state index >= 15 is 0 Å². The van der Waals surface area contributed by atoms with Gasteiger partial charge in [-0.1, -0.05) is 5.92 Å². The van der Waals surface area contributed by atoms with E-state index in [9.17, 15) is 4.79 Å². The minimum Gasteiger partial charge on any atom is -0.497 e. The quantitative estimate of drug-likeness (QED) is 0.830. The van der Waals surface area contributed by atoms with Gasteiger partial charge in [0.05, 0.1) is 26.3 Å². The number of hydrogen-bond donors (Lipinski definition) is 1. The topological polar surface area (TPSA) is 73.9 Å². The fraction of sp³-hybridized carbons (Fsp3) is 0.200. The van der Waals surface area contributed by atoms with Crippen molar-refractivity contribution in [3.05, 3.63) is 35.4 Å². The van der Waals surface area contributed by atoms with Gasteiger partial charge in [0.2, 0.25) is 0 Å². The summed E-state index contributed by atoms with van der Waals surface area (Å²) in [6, 6.07) is 5.31. The molecule has 2 N–H and O–H groups in total. The molecule has 0 unspecified atom stereocenters. The minimum atomic E-state index is -0.515. The Bertz CT molecular complexity index is 641. The third kappa shape index (κ3) is 2.98. The minimum absolute atomic E-state index is 0.368. The first-order chi connectivity index (χ1) is 9.63. The molecule has 5 heteroatoms. The molecule has 0 saturated carbocycles. The first-order valence-electron chi connectivity index (χ1n) is 5.94. The molecule has 1 heterocycles. The Morgan fingerprint density at radius 1 is 1.20 bits per heavy atom. The number of primary amides is 1. The molecule has 0 spiro atoms. The lowest BCUT2D eigenvalue weighted by atomic mass is 10.1. The molecule has 0 fully saturated rings. The third-order valence-electron chi connectivity index (χ3n) is 2.74. The second-order valence-corrected chi connectivity index (χ2v) is 4.02. The van der Waals surface area contributed by atoms with Crippen LogP contribution in [0.5, 0.6) is 11.5 Å². The van der Waals surface area contributed by atoms with Gasteiger partial charge in [-0.2, -0.15) is 0 Å². The molecule has 0 saturated heterocycles. The van der Waals surface area contributed by atoms with E-state index in [2.05, 4.69) is 16.8 Å². The molecular weight excluding hydrogens is 256 g/mol. The van der Waals surface area contributed by atoms with Gasteiger partial charge >= 0.3 is 0 Å². The van der Waals surface area contributed by atoms with E-state index in [4.69, 9.17) is 15.2 Å². The van der Waals surface area contributed by atoms with Crippen molar-refractivity contribution < 1.29 is 14.3 Å². The molecule has 1 amide bonds. The molecule has 0 aromatic heterocycles. The van der Waals surface area contributed by atoms with Crippen LogP contribution in [0.15, 0.2) is 34.8 Å². The van der Waals surface area contributed by atoms with E-state index in [1.54, 1.807) is 38.5 Å². The van der Waals surface area contributed by atoms with E-state index < -0.39 is 5.91 Å². The lowest BCUT2D eigenvalue weighted by Crippen LogP contribution is -2.18. The number of amides is 1. The van der Waals surface area contributed by atoms with Crippen molar-refractivity contribution in [2.24, 2.45) is 10.7 Å². The zero-order chi connectivity index (χ0) is 14.5. The number of rotatable bonds is 3. The number of nitrogens with two attached hydrogens (primary N) is 1. The van der Waals surface area contributed by atoms with Gasteiger partial charge in [-0.05, 0) is 24.1 Å². The summed E-state index contributed by atoms with van der Waals surface area (Å²) in [5.41, 5.74) is 6.74. The number of aliphatic imine (C=N–C) groups is 1. The van der Waals surface area contributed by atoms with E-state index in [-0.39, 0.29) is 0 Å². The molecule has 1 aromatic carbocycles. The Hall–Kier alpha value is -2.74. The largest absolute Gasteiger partial charge is 0.497 e. The summed E-state index contributed by atoms with van der Waals surface area (Å²) >= 11 is 0. The molecule has 5 nitrogen and oxygen atoms in total. The summed E-state index contributed by atoms with van der Waals surface area (Å²) in [7, 11) is 3.14. The highest BCUT2D eigenvalue weighted by molar-refractivity contribution is 6.29. The Morgan fingerprint density at radius 2 is 1.85 bits per heavy atom. The number of ether oxygens (including phenoxy) is 2. The van der Waals surface area contributed by atoms with Crippen LogP contribution in [0.25, 0.3) is 0 Å². The van der Waals surface area contributed by atoms with Gasteiger partial charge in [0.1, 0.15) is 17.2 Å². The van der Waals surface area contributed by atoms with Crippen LogP contribution in [-0.4, -0.2) is 32.4 Å². The highest BCUT2D eigenvalue weighted by Crippen LogP contribution is 2.21. The van der Waals surface area contributed by atoms with Crippen molar-refractivity contribution in [2.75, 3.05) is 20.8 Å². The van der Waals surface area contributed by atoms with E-state index in [0.717, 1.165) is 0 Å². The monoisotopic (exact) mass is 270 g/mol. The van der Waals surface area contributed by atoms with Gasteiger partial charge in [-0.15, -0.1) is 0 Å². The molecular formula is C15H14N2O3.